The first-order valence-corrected chi connectivity index (χ1v) is 6.10. The van der Waals surface area contributed by atoms with E-state index < -0.39 is 0 Å². The minimum absolute atomic E-state index is 0.0699. The highest BCUT2D eigenvalue weighted by Gasteiger charge is 2.23. The van der Waals surface area contributed by atoms with Crippen molar-refractivity contribution in [2.24, 2.45) is 5.10 Å². The third-order valence-electron chi connectivity index (χ3n) is 3.22. The predicted octanol–water partition coefficient (Wildman–Crippen LogP) is 2.97. The molecule has 1 aliphatic heterocycles. The topological polar surface area (TPSA) is 44.6 Å². The summed E-state index contributed by atoms with van der Waals surface area (Å²) < 4.78 is 13.2. The number of halogens is 1. The van der Waals surface area contributed by atoms with Gasteiger partial charge in [0, 0.05) is 17.5 Å². The van der Waals surface area contributed by atoms with Crippen LogP contribution in [0, 0.1) is 5.82 Å². The van der Waals surface area contributed by atoms with Crippen molar-refractivity contribution in [1.29, 1.82) is 0 Å². The molecule has 0 saturated heterocycles. The van der Waals surface area contributed by atoms with Crippen molar-refractivity contribution in [1.82, 2.24) is 5.43 Å². The van der Waals surface area contributed by atoms with Crippen LogP contribution in [0.5, 0.6) is 5.75 Å². The van der Waals surface area contributed by atoms with Gasteiger partial charge in [0.15, 0.2) is 0 Å². The van der Waals surface area contributed by atoms with Crippen molar-refractivity contribution in [2.75, 3.05) is 0 Å². The van der Waals surface area contributed by atoms with Crippen molar-refractivity contribution in [3.05, 3.63) is 65.5 Å². The normalized spacial score (nSPS) is 17.9. The summed E-state index contributed by atoms with van der Waals surface area (Å²) in [6.45, 7) is 0. The van der Waals surface area contributed by atoms with Gasteiger partial charge in [-0.25, -0.2) is 4.39 Å². The van der Waals surface area contributed by atoms with Crippen LogP contribution in [0.3, 0.4) is 0 Å². The highest BCUT2D eigenvalue weighted by atomic mass is 19.1. The largest absolute Gasteiger partial charge is 0.508 e. The lowest BCUT2D eigenvalue weighted by Gasteiger charge is -2.11. The summed E-state index contributed by atoms with van der Waals surface area (Å²) in [5.41, 5.74) is 5.36. The molecule has 0 fully saturated rings. The Morgan fingerprint density at radius 3 is 2.79 bits per heavy atom. The molecule has 96 valence electrons. The molecule has 3 nitrogen and oxygen atoms in total. The van der Waals surface area contributed by atoms with E-state index in [0.29, 0.717) is 6.42 Å². The molecule has 0 amide bonds. The zero-order valence-corrected chi connectivity index (χ0v) is 10.2. The number of para-hydroxylation sites is 1. The number of phenolic OH excluding ortho intramolecular Hbond substituents is 1. The summed E-state index contributed by atoms with van der Waals surface area (Å²) in [5, 5.41) is 14.1. The third kappa shape index (κ3) is 2.29. The number of benzene rings is 2. The Balaban J connectivity index is 1.82. The van der Waals surface area contributed by atoms with Gasteiger partial charge in [0.2, 0.25) is 0 Å². The Morgan fingerprint density at radius 2 is 2.00 bits per heavy atom. The van der Waals surface area contributed by atoms with Gasteiger partial charge in [-0.05, 0) is 18.2 Å². The van der Waals surface area contributed by atoms with Crippen molar-refractivity contribution >= 4 is 5.71 Å². The second kappa shape index (κ2) is 4.72. The van der Waals surface area contributed by atoms with Gasteiger partial charge in [0.1, 0.15) is 11.6 Å². The molecule has 1 aliphatic rings. The number of hydrazone groups is 1. The summed E-state index contributed by atoms with van der Waals surface area (Å²) >= 11 is 0. The van der Waals surface area contributed by atoms with Gasteiger partial charge in [0.05, 0.1) is 11.8 Å². The van der Waals surface area contributed by atoms with E-state index in [1.807, 2.05) is 18.2 Å². The molecule has 1 atom stereocenters. The first-order chi connectivity index (χ1) is 9.24. The molecule has 0 aliphatic carbocycles. The molecule has 2 aromatic carbocycles. The Hall–Kier alpha value is -2.36. The van der Waals surface area contributed by atoms with Crippen LogP contribution in [0.25, 0.3) is 0 Å². The van der Waals surface area contributed by atoms with Gasteiger partial charge in [-0.1, -0.05) is 30.3 Å². The standard InChI is InChI=1S/C15H13FN2O/c16-11-5-3-4-10(8-11)13-9-14(18-17-13)12-6-1-2-7-15(12)19/h1-8,14,18-19H,9H2. The van der Waals surface area contributed by atoms with E-state index >= 15 is 0 Å². The molecular formula is C15H13FN2O. The molecule has 1 heterocycles. The van der Waals surface area contributed by atoms with Gasteiger partial charge in [0.25, 0.3) is 0 Å². The van der Waals surface area contributed by atoms with Gasteiger partial charge >= 0.3 is 0 Å². The van der Waals surface area contributed by atoms with E-state index in [4.69, 9.17) is 0 Å². The SMILES string of the molecule is Oc1ccccc1C1CC(c2cccc(F)c2)=NN1. The quantitative estimate of drug-likeness (QED) is 0.867. The van der Waals surface area contributed by atoms with Crippen molar-refractivity contribution in [3.8, 4) is 5.75 Å². The molecule has 2 aromatic rings. The molecule has 1 unspecified atom stereocenters. The van der Waals surface area contributed by atoms with Crippen LogP contribution in [-0.2, 0) is 0 Å². The lowest BCUT2D eigenvalue weighted by atomic mass is 9.98. The fraction of sp³-hybridized carbons (Fsp3) is 0.133. The number of nitrogens with zero attached hydrogens (tertiary/aromatic N) is 1. The summed E-state index contributed by atoms with van der Waals surface area (Å²) in [6.07, 6.45) is 0.626. The maximum Gasteiger partial charge on any atom is 0.123 e. The highest BCUT2D eigenvalue weighted by molar-refractivity contribution is 6.01. The molecular weight excluding hydrogens is 243 g/mol. The number of rotatable bonds is 2. The van der Waals surface area contributed by atoms with Gasteiger partial charge in [-0.3, -0.25) is 0 Å². The van der Waals surface area contributed by atoms with Crippen LogP contribution < -0.4 is 5.43 Å². The molecule has 2 N–H and O–H groups in total. The number of hydrogen-bond acceptors (Lipinski definition) is 3. The minimum Gasteiger partial charge on any atom is -0.508 e. The molecule has 4 heteroatoms. The summed E-state index contributed by atoms with van der Waals surface area (Å²) in [5.74, 6) is -0.0260. The van der Waals surface area contributed by atoms with Crippen LogP contribution in [0.2, 0.25) is 0 Å². The highest BCUT2D eigenvalue weighted by Crippen LogP contribution is 2.30. The van der Waals surface area contributed by atoms with E-state index in [0.717, 1.165) is 16.8 Å². The minimum atomic E-state index is -0.272. The second-order valence-corrected chi connectivity index (χ2v) is 4.51. The first-order valence-electron chi connectivity index (χ1n) is 6.10. The Bertz CT molecular complexity index is 640. The third-order valence-corrected chi connectivity index (χ3v) is 3.22. The average Bonchev–Trinajstić information content (AvgIpc) is 2.89. The molecule has 3 rings (SSSR count). The first kappa shape index (κ1) is 11.7. The van der Waals surface area contributed by atoms with Crippen LogP contribution in [-0.4, -0.2) is 10.8 Å². The lowest BCUT2D eigenvalue weighted by Crippen LogP contribution is -2.10. The summed E-state index contributed by atoms with van der Waals surface area (Å²) in [6, 6.07) is 13.5. The predicted molar refractivity (Wildman–Crippen MR) is 71.5 cm³/mol. The fourth-order valence-corrected chi connectivity index (χ4v) is 2.25. The smallest absolute Gasteiger partial charge is 0.123 e. The summed E-state index contributed by atoms with van der Waals surface area (Å²) in [4.78, 5) is 0. The fourth-order valence-electron chi connectivity index (χ4n) is 2.25. The maximum absolute atomic E-state index is 13.2. The number of nitrogens with one attached hydrogen (secondary N) is 1. The van der Waals surface area contributed by atoms with Crippen LogP contribution in [0.1, 0.15) is 23.6 Å². The van der Waals surface area contributed by atoms with Crippen molar-refractivity contribution in [3.63, 3.8) is 0 Å². The molecule has 0 bridgehead atoms. The van der Waals surface area contributed by atoms with Gasteiger partial charge in [-0.15, -0.1) is 0 Å². The van der Waals surface area contributed by atoms with Crippen molar-refractivity contribution < 1.29 is 9.50 Å². The van der Waals surface area contributed by atoms with E-state index in [1.54, 1.807) is 18.2 Å². The Labute approximate surface area is 110 Å². The van der Waals surface area contributed by atoms with Crippen LogP contribution in [0.15, 0.2) is 53.6 Å². The van der Waals surface area contributed by atoms with E-state index in [2.05, 4.69) is 10.5 Å². The Kier molecular flexibility index (Phi) is 2.91. The maximum atomic E-state index is 13.2. The zero-order chi connectivity index (χ0) is 13.2. The van der Waals surface area contributed by atoms with Crippen molar-refractivity contribution in [2.45, 2.75) is 12.5 Å². The molecule has 0 radical (unpaired) electrons. The zero-order valence-electron chi connectivity index (χ0n) is 10.2. The summed E-state index contributed by atoms with van der Waals surface area (Å²) in [7, 11) is 0. The van der Waals surface area contributed by atoms with Gasteiger partial charge < -0.3 is 10.5 Å². The second-order valence-electron chi connectivity index (χ2n) is 4.51. The van der Waals surface area contributed by atoms with Gasteiger partial charge in [-0.2, -0.15) is 5.10 Å². The molecule has 0 saturated carbocycles. The molecule has 0 aromatic heterocycles. The average molecular weight is 256 g/mol. The monoisotopic (exact) mass is 256 g/mol. The van der Waals surface area contributed by atoms with E-state index in [1.165, 1.54) is 12.1 Å². The van der Waals surface area contributed by atoms with E-state index in [9.17, 15) is 9.50 Å². The number of aromatic hydroxyl groups is 1. The van der Waals surface area contributed by atoms with E-state index in [-0.39, 0.29) is 17.6 Å². The van der Waals surface area contributed by atoms with Crippen LogP contribution >= 0.6 is 0 Å². The van der Waals surface area contributed by atoms with Crippen LogP contribution in [0.4, 0.5) is 4.39 Å². The Morgan fingerprint density at radius 1 is 1.16 bits per heavy atom. The lowest BCUT2D eigenvalue weighted by molar-refractivity contribution is 0.455. The number of phenols is 1. The number of hydrogen-bond donors (Lipinski definition) is 2. The molecule has 19 heavy (non-hydrogen) atoms. The molecule has 0 spiro atoms.